The van der Waals surface area contributed by atoms with Gasteiger partial charge in [-0.05, 0) is 33.7 Å². The summed E-state index contributed by atoms with van der Waals surface area (Å²) in [6, 6.07) is -0.291. The van der Waals surface area contributed by atoms with Crippen LogP contribution in [0.5, 0.6) is 0 Å². The second kappa shape index (κ2) is 8.47. The standard InChI is InChI=1S/C13H26N4O3S/c1-5-7-14-8-12-13(11(4)15-16-12)21(18,19)17-10(3)9-20-6-2/h10,14,17H,5-9H2,1-4H3,(H,15,16). The van der Waals surface area contributed by atoms with Crippen LogP contribution >= 0.6 is 0 Å². The molecule has 0 bridgehead atoms. The molecule has 122 valence electrons. The van der Waals surface area contributed by atoms with Crippen molar-refractivity contribution < 1.29 is 13.2 Å². The minimum Gasteiger partial charge on any atom is -0.380 e. The SMILES string of the molecule is CCCNCc1n[nH]c(C)c1S(=O)(=O)NC(C)COCC. The lowest BCUT2D eigenvalue weighted by Gasteiger charge is -2.14. The summed E-state index contributed by atoms with van der Waals surface area (Å²) < 4.78 is 32.8. The number of aryl methyl sites for hydroxylation is 1. The molecule has 1 aromatic rings. The van der Waals surface area contributed by atoms with Crippen LogP contribution in [0.15, 0.2) is 4.90 Å². The summed E-state index contributed by atoms with van der Waals surface area (Å²) in [6.45, 7) is 9.55. The molecule has 0 spiro atoms. The van der Waals surface area contributed by atoms with E-state index in [1.165, 1.54) is 0 Å². The number of aromatic nitrogens is 2. The largest absolute Gasteiger partial charge is 0.380 e. The highest BCUT2D eigenvalue weighted by molar-refractivity contribution is 7.89. The molecule has 3 N–H and O–H groups in total. The van der Waals surface area contributed by atoms with Crippen molar-refractivity contribution in [3.63, 3.8) is 0 Å². The van der Waals surface area contributed by atoms with Crippen molar-refractivity contribution >= 4 is 10.0 Å². The Morgan fingerprint density at radius 2 is 2.10 bits per heavy atom. The molecule has 0 aliphatic heterocycles. The number of hydrogen-bond donors (Lipinski definition) is 3. The number of hydrogen-bond acceptors (Lipinski definition) is 5. The van der Waals surface area contributed by atoms with Gasteiger partial charge in [0.05, 0.1) is 18.0 Å². The van der Waals surface area contributed by atoms with Gasteiger partial charge in [0, 0.05) is 19.2 Å². The normalized spacial score (nSPS) is 13.5. The van der Waals surface area contributed by atoms with E-state index in [2.05, 4.69) is 27.2 Å². The fourth-order valence-corrected chi connectivity index (χ4v) is 3.57. The van der Waals surface area contributed by atoms with Gasteiger partial charge in [-0.25, -0.2) is 13.1 Å². The van der Waals surface area contributed by atoms with Crippen LogP contribution in [0.2, 0.25) is 0 Å². The lowest BCUT2D eigenvalue weighted by Crippen LogP contribution is -2.36. The van der Waals surface area contributed by atoms with Gasteiger partial charge in [0.2, 0.25) is 10.0 Å². The van der Waals surface area contributed by atoms with Crippen molar-refractivity contribution in [2.24, 2.45) is 0 Å². The number of H-pyrrole nitrogens is 1. The zero-order valence-corrected chi connectivity index (χ0v) is 14.0. The second-order valence-electron chi connectivity index (χ2n) is 4.98. The Kier molecular flexibility index (Phi) is 7.30. The molecule has 1 aromatic heterocycles. The summed E-state index contributed by atoms with van der Waals surface area (Å²) in [7, 11) is -3.61. The van der Waals surface area contributed by atoms with Gasteiger partial charge in [-0.2, -0.15) is 5.10 Å². The van der Waals surface area contributed by atoms with Gasteiger partial charge >= 0.3 is 0 Å². The Hall–Kier alpha value is -0.960. The monoisotopic (exact) mass is 318 g/mol. The lowest BCUT2D eigenvalue weighted by molar-refractivity contribution is 0.133. The predicted molar refractivity (Wildman–Crippen MR) is 81.6 cm³/mol. The van der Waals surface area contributed by atoms with Crippen molar-refractivity contribution in [1.82, 2.24) is 20.2 Å². The molecule has 0 fully saturated rings. The Morgan fingerprint density at radius 1 is 1.38 bits per heavy atom. The average Bonchev–Trinajstić information content (AvgIpc) is 2.78. The number of nitrogens with zero attached hydrogens (tertiary/aromatic N) is 1. The van der Waals surface area contributed by atoms with E-state index in [0.717, 1.165) is 13.0 Å². The fourth-order valence-electron chi connectivity index (χ4n) is 1.98. The number of sulfonamides is 1. The van der Waals surface area contributed by atoms with Gasteiger partial charge in [-0.1, -0.05) is 6.92 Å². The van der Waals surface area contributed by atoms with Crippen LogP contribution in [-0.4, -0.2) is 44.4 Å². The summed E-state index contributed by atoms with van der Waals surface area (Å²) in [4.78, 5) is 0.231. The molecule has 21 heavy (non-hydrogen) atoms. The van der Waals surface area contributed by atoms with Gasteiger partial charge in [0.1, 0.15) is 4.90 Å². The Morgan fingerprint density at radius 3 is 2.71 bits per heavy atom. The maximum Gasteiger partial charge on any atom is 0.244 e. The highest BCUT2D eigenvalue weighted by Gasteiger charge is 2.25. The summed E-state index contributed by atoms with van der Waals surface area (Å²) >= 11 is 0. The highest BCUT2D eigenvalue weighted by atomic mass is 32.2. The molecule has 0 aliphatic carbocycles. The molecular weight excluding hydrogens is 292 g/mol. The molecule has 1 unspecified atom stereocenters. The van der Waals surface area contributed by atoms with Crippen LogP contribution in [0.25, 0.3) is 0 Å². The lowest BCUT2D eigenvalue weighted by atomic mass is 10.3. The molecule has 1 rings (SSSR count). The van der Waals surface area contributed by atoms with Crippen molar-refractivity contribution in [3.05, 3.63) is 11.4 Å². The van der Waals surface area contributed by atoms with Gasteiger partial charge in [0.15, 0.2) is 0 Å². The molecule has 0 saturated carbocycles. The first kappa shape index (κ1) is 18.1. The minimum atomic E-state index is -3.61. The fraction of sp³-hybridized carbons (Fsp3) is 0.769. The van der Waals surface area contributed by atoms with Gasteiger partial charge in [-0.3, -0.25) is 5.10 Å². The molecular formula is C13H26N4O3S. The third kappa shape index (κ3) is 5.39. The zero-order chi connectivity index (χ0) is 15.9. The first-order valence-electron chi connectivity index (χ1n) is 7.27. The first-order chi connectivity index (χ1) is 9.92. The summed E-state index contributed by atoms with van der Waals surface area (Å²) in [5.74, 6) is 0. The van der Waals surface area contributed by atoms with Crippen LogP contribution in [0.1, 0.15) is 38.6 Å². The topological polar surface area (TPSA) is 96.1 Å². The number of rotatable bonds is 10. The third-order valence-corrected chi connectivity index (χ3v) is 4.67. The van der Waals surface area contributed by atoms with E-state index in [0.29, 0.717) is 31.1 Å². The molecule has 1 atom stereocenters. The van der Waals surface area contributed by atoms with E-state index < -0.39 is 10.0 Å². The van der Waals surface area contributed by atoms with E-state index in [9.17, 15) is 8.42 Å². The molecule has 8 heteroatoms. The summed E-state index contributed by atoms with van der Waals surface area (Å²) in [5, 5.41) is 10.00. The number of ether oxygens (including phenoxy) is 1. The van der Waals surface area contributed by atoms with E-state index in [1.54, 1.807) is 13.8 Å². The summed E-state index contributed by atoms with van der Waals surface area (Å²) in [6.07, 6.45) is 0.981. The van der Waals surface area contributed by atoms with Crippen molar-refractivity contribution in [2.75, 3.05) is 19.8 Å². The molecule has 0 aliphatic rings. The second-order valence-corrected chi connectivity index (χ2v) is 6.63. The van der Waals surface area contributed by atoms with E-state index in [4.69, 9.17) is 4.74 Å². The highest BCUT2D eigenvalue weighted by Crippen LogP contribution is 2.17. The van der Waals surface area contributed by atoms with Gasteiger partial charge < -0.3 is 10.1 Å². The molecule has 1 heterocycles. The van der Waals surface area contributed by atoms with Crippen LogP contribution in [0.4, 0.5) is 0 Å². The van der Waals surface area contributed by atoms with Gasteiger partial charge in [0.25, 0.3) is 0 Å². The van der Waals surface area contributed by atoms with Crippen LogP contribution in [-0.2, 0) is 21.3 Å². The van der Waals surface area contributed by atoms with Crippen molar-refractivity contribution in [2.45, 2.75) is 51.6 Å². The Bertz CT molecular complexity index is 528. The number of nitrogens with one attached hydrogen (secondary N) is 3. The maximum atomic E-state index is 12.5. The average molecular weight is 318 g/mol. The molecule has 0 aromatic carbocycles. The van der Waals surface area contributed by atoms with Crippen LogP contribution in [0, 0.1) is 6.92 Å². The van der Waals surface area contributed by atoms with Gasteiger partial charge in [-0.15, -0.1) is 0 Å². The van der Waals surface area contributed by atoms with Crippen LogP contribution in [0.3, 0.4) is 0 Å². The maximum absolute atomic E-state index is 12.5. The van der Waals surface area contributed by atoms with E-state index >= 15 is 0 Å². The predicted octanol–water partition coefficient (Wildman–Crippen LogP) is 0.921. The molecule has 0 saturated heterocycles. The molecule has 7 nitrogen and oxygen atoms in total. The first-order valence-corrected chi connectivity index (χ1v) is 8.75. The number of aromatic amines is 1. The van der Waals surface area contributed by atoms with Crippen molar-refractivity contribution in [1.29, 1.82) is 0 Å². The molecule has 0 amide bonds. The Balaban J connectivity index is 2.84. The van der Waals surface area contributed by atoms with E-state index in [-0.39, 0.29) is 10.9 Å². The van der Waals surface area contributed by atoms with E-state index in [1.807, 2.05) is 6.92 Å². The minimum absolute atomic E-state index is 0.231. The zero-order valence-electron chi connectivity index (χ0n) is 13.2. The quantitative estimate of drug-likeness (QED) is 0.558. The van der Waals surface area contributed by atoms with Crippen molar-refractivity contribution in [3.8, 4) is 0 Å². The Labute approximate surface area is 126 Å². The van der Waals surface area contributed by atoms with Crippen LogP contribution < -0.4 is 10.0 Å². The third-order valence-electron chi connectivity index (χ3n) is 2.88. The smallest absolute Gasteiger partial charge is 0.244 e. The molecule has 0 radical (unpaired) electrons. The summed E-state index contributed by atoms with van der Waals surface area (Å²) in [5.41, 5.74) is 1.05.